The molecular formula is C12H19ClO4. The molecule has 0 radical (unpaired) electrons. The smallest absolute Gasteiger partial charge is 0.321 e. The average Bonchev–Trinajstić information content (AvgIpc) is 2.81. The highest BCUT2D eigenvalue weighted by Crippen LogP contribution is 2.31. The first kappa shape index (κ1) is 14.5. The second-order valence-electron chi connectivity index (χ2n) is 4.30. The molecule has 0 bridgehead atoms. The van der Waals surface area contributed by atoms with Crippen molar-refractivity contribution in [3.05, 3.63) is 0 Å². The van der Waals surface area contributed by atoms with Gasteiger partial charge >= 0.3 is 5.97 Å². The summed E-state index contributed by atoms with van der Waals surface area (Å²) in [6, 6.07) is 0. The summed E-state index contributed by atoms with van der Waals surface area (Å²) >= 11 is 5.52. The normalized spacial score (nSPS) is 20.3. The molecule has 0 N–H and O–H groups in total. The van der Waals surface area contributed by atoms with Gasteiger partial charge in [0.25, 0.3) is 0 Å². The monoisotopic (exact) mass is 262 g/mol. The van der Waals surface area contributed by atoms with Gasteiger partial charge < -0.3 is 9.47 Å². The number of rotatable bonds is 6. The van der Waals surface area contributed by atoms with Gasteiger partial charge in [-0.3, -0.25) is 9.59 Å². The number of carbonyl (C=O) groups excluding carboxylic acids is 2. The summed E-state index contributed by atoms with van der Waals surface area (Å²) in [7, 11) is 0. The number of halogens is 1. The second kappa shape index (κ2) is 6.36. The molecule has 1 rings (SSSR count). The number of hydrogen-bond acceptors (Lipinski definition) is 4. The van der Waals surface area contributed by atoms with Crippen molar-refractivity contribution in [1.29, 1.82) is 0 Å². The van der Waals surface area contributed by atoms with Gasteiger partial charge in [0, 0.05) is 6.61 Å². The molecule has 1 fully saturated rings. The van der Waals surface area contributed by atoms with Crippen molar-refractivity contribution in [3.8, 4) is 0 Å². The largest absolute Gasteiger partial charge is 0.462 e. The number of hydrogen-bond donors (Lipinski definition) is 0. The van der Waals surface area contributed by atoms with Gasteiger partial charge in [0.2, 0.25) is 5.24 Å². The Morgan fingerprint density at radius 3 is 2.47 bits per heavy atom. The molecular weight excluding hydrogens is 244 g/mol. The third-order valence-corrected chi connectivity index (χ3v) is 3.76. The van der Waals surface area contributed by atoms with Gasteiger partial charge in [0.15, 0.2) is 0 Å². The van der Waals surface area contributed by atoms with Crippen molar-refractivity contribution in [2.45, 2.75) is 45.6 Å². The lowest BCUT2D eigenvalue weighted by Crippen LogP contribution is -2.38. The van der Waals surface area contributed by atoms with Crippen molar-refractivity contribution in [2.24, 2.45) is 5.41 Å². The molecule has 1 saturated heterocycles. The van der Waals surface area contributed by atoms with Crippen LogP contribution in [0.3, 0.4) is 0 Å². The average molecular weight is 263 g/mol. The van der Waals surface area contributed by atoms with Crippen LogP contribution in [-0.2, 0) is 19.1 Å². The van der Waals surface area contributed by atoms with E-state index >= 15 is 0 Å². The van der Waals surface area contributed by atoms with Gasteiger partial charge in [0.05, 0.1) is 6.10 Å². The van der Waals surface area contributed by atoms with Crippen LogP contribution in [0.2, 0.25) is 0 Å². The fraction of sp³-hybridized carbons (Fsp3) is 0.833. The van der Waals surface area contributed by atoms with Crippen LogP contribution in [0, 0.1) is 5.41 Å². The maximum Gasteiger partial charge on any atom is 0.321 e. The van der Waals surface area contributed by atoms with Crippen LogP contribution >= 0.6 is 11.6 Å². The summed E-state index contributed by atoms with van der Waals surface area (Å²) < 4.78 is 10.5. The Labute approximate surface area is 107 Å². The minimum atomic E-state index is -1.19. The van der Waals surface area contributed by atoms with Gasteiger partial charge in [0.1, 0.15) is 12.0 Å². The predicted molar refractivity (Wildman–Crippen MR) is 63.8 cm³/mol. The van der Waals surface area contributed by atoms with Crippen molar-refractivity contribution < 1.29 is 19.1 Å². The van der Waals surface area contributed by atoms with Crippen LogP contribution in [0.5, 0.6) is 0 Å². The number of carbonyl (C=O) groups is 2. The van der Waals surface area contributed by atoms with Gasteiger partial charge in [-0.05, 0) is 37.3 Å². The van der Waals surface area contributed by atoms with Crippen molar-refractivity contribution in [1.82, 2.24) is 0 Å². The highest BCUT2D eigenvalue weighted by molar-refractivity contribution is 6.66. The molecule has 0 aromatic heterocycles. The predicted octanol–water partition coefficient (Wildman–Crippen LogP) is 2.28. The first-order valence-electron chi connectivity index (χ1n) is 6.05. The van der Waals surface area contributed by atoms with Gasteiger partial charge in [-0.1, -0.05) is 13.8 Å². The van der Waals surface area contributed by atoms with Crippen LogP contribution in [0.25, 0.3) is 0 Å². The standard InChI is InChI=1S/C12H19ClO4/c1-3-12(4-2,10(13)14)11(15)17-8-9-6-5-7-16-9/h9H,3-8H2,1-2H3. The first-order valence-corrected chi connectivity index (χ1v) is 6.43. The maximum atomic E-state index is 11.9. The van der Waals surface area contributed by atoms with Gasteiger partial charge in [-0.2, -0.15) is 0 Å². The Morgan fingerprint density at radius 1 is 1.41 bits per heavy atom. The van der Waals surface area contributed by atoms with Crippen molar-refractivity contribution in [3.63, 3.8) is 0 Å². The van der Waals surface area contributed by atoms with Crippen LogP contribution < -0.4 is 0 Å². The van der Waals surface area contributed by atoms with E-state index in [1.807, 2.05) is 0 Å². The molecule has 1 atom stereocenters. The molecule has 1 aliphatic rings. The fourth-order valence-electron chi connectivity index (χ4n) is 1.98. The zero-order valence-electron chi connectivity index (χ0n) is 10.3. The minimum absolute atomic E-state index is 0.0317. The zero-order valence-corrected chi connectivity index (χ0v) is 11.1. The van der Waals surface area contributed by atoms with Gasteiger partial charge in [-0.25, -0.2) is 0 Å². The summed E-state index contributed by atoms with van der Waals surface area (Å²) in [6.45, 7) is 4.45. The molecule has 1 aliphatic heterocycles. The quantitative estimate of drug-likeness (QED) is 0.419. The Morgan fingerprint density at radius 2 is 2.06 bits per heavy atom. The topological polar surface area (TPSA) is 52.6 Å². The SMILES string of the molecule is CCC(CC)(C(=O)Cl)C(=O)OCC1CCCO1. The minimum Gasteiger partial charge on any atom is -0.462 e. The van der Waals surface area contributed by atoms with E-state index in [0.29, 0.717) is 19.4 Å². The lowest BCUT2D eigenvalue weighted by molar-refractivity contribution is -0.161. The summed E-state index contributed by atoms with van der Waals surface area (Å²) in [6.07, 6.45) is 2.57. The first-order chi connectivity index (χ1) is 8.06. The van der Waals surface area contributed by atoms with E-state index in [2.05, 4.69) is 0 Å². The summed E-state index contributed by atoms with van der Waals surface area (Å²) in [5, 5.41) is -0.639. The summed E-state index contributed by atoms with van der Waals surface area (Å²) in [5.74, 6) is -0.530. The molecule has 98 valence electrons. The fourth-order valence-corrected chi connectivity index (χ4v) is 2.32. The molecule has 1 unspecified atom stereocenters. The lowest BCUT2D eigenvalue weighted by Gasteiger charge is -2.25. The Balaban J connectivity index is 2.56. The summed E-state index contributed by atoms with van der Waals surface area (Å²) in [5.41, 5.74) is -1.19. The van der Waals surface area contributed by atoms with E-state index in [0.717, 1.165) is 12.8 Å². The molecule has 0 aromatic carbocycles. The van der Waals surface area contributed by atoms with E-state index in [1.54, 1.807) is 13.8 Å². The highest BCUT2D eigenvalue weighted by atomic mass is 35.5. The van der Waals surface area contributed by atoms with E-state index in [9.17, 15) is 9.59 Å². The third-order valence-electron chi connectivity index (χ3n) is 3.40. The highest BCUT2D eigenvalue weighted by Gasteiger charge is 2.43. The van der Waals surface area contributed by atoms with Crippen LogP contribution in [0.15, 0.2) is 0 Å². The van der Waals surface area contributed by atoms with E-state index in [1.165, 1.54) is 0 Å². The van der Waals surface area contributed by atoms with E-state index < -0.39 is 16.6 Å². The molecule has 0 aliphatic carbocycles. The molecule has 0 amide bonds. The van der Waals surface area contributed by atoms with Gasteiger partial charge in [-0.15, -0.1) is 0 Å². The Bertz CT molecular complexity index is 280. The Kier molecular flexibility index (Phi) is 5.40. The van der Waals surface area contributed by atoms with Crippen molar-refractivity contribution in [2.75, 3.05) is 13.2 Å². The molecule has 17 heavy (non-hydrogen) atoms. The second-order valence-corrected chi connectivity index (χ2v) is 4.64. The molecule has 5 heteroatoms. The third kappa shape index (κ3) is 3.19. The zero-order chi connectivity index (χ0) is 12.9. The maximum absolute atomic E-state index is 11.9. The van der Waals surface area contributed by atoms with Crippen LogP contribution in [-0.4, -0.2) is 30.5 Å². The van der Waals surface area contributed by atoms with Crippen LogP contribution in [0.1, 0.15) is 39.5 Å². The molecule has 0 aromatic rings. The van der Waals surface area contributed by atoms with Crippen molar-refractivity contribution >= 4 is 22.8 Å². The lowest BCUT2D eigenvalue weighted by atomic mass is 9.84. The number of esters is 1. The Hall–Kier alpha value is -0.610. The number of ether oxygens (including phenoxy) is 2. The molecule has 0 spiro atoms. The van der Waals surface area contributed by atoms with E-state index in [4.69, 9.17) is 21.1 Å². The van der Waals surface area contributed by atoms with Crippen LogP contribution in [0.4, 0.5) is 0 Å². The molecule has 0 saturated carbocycles. The summed E-state index contributed by atoms with van der Waals surface area (Å²) in [4.78, 5) is 23.3. The van der Waals surface area contributed by atoms with E-state index in [-0.39, 0.29) is 12.7 Å². The molecule has 1 heterocycles. The molecule has 4 nitrogen and oxygen atoms in total.